The van der Waals surface area contributed by atoms with Crippen molar-refractivity contribution in [2.45, 2.75) is 44.8 Å². The molecule has 0 radical (unpaired) electrons. The third-order valence-electron chi connectivity index (χ3n) is 8.45. The van der Waals surface area contributed by atoms with Gasteiger partial charge in [0.2, 0.25) is 0 Å². The molecule has 188 valence electrons. The number of anilines is 1. The summed E-state index contributed by atoms with van der Waals surface area (Å²) in [6.45, 7) is 4.71. The molecule has 0 atom stereocenters. The lowest BCUT2D eigenvalue weighted by molar-refractivity contribution is 0.0582. The molecule has 3 aliphatic heterocycles. The second kappa shape index (κ2) is 7.76. The summed E-state index contributed by atoms with van der Waals surface area (Å²) in [6.07, 6.45) is 2.01. The van der Waals surface area contributed by atoms with Gasteiger partial charge in [-0.2, -0.15) is 0 Å². The van der Waals surface area contributed by atoms with Crippen LogP contribution in [0.3, 0.4) is 0 Å². The molecule has 4 aliphatic rings. The van der Waals surface area contributed by atoms with Crippen molar-refractivity contribution in [3.05, 3.63) is 70.0 Å². The van der Waals surface area contributed by atoms with Crippen LogP contribution in [0.1, 0.15) is 41.5 Å². The van der Waals surface area contributed by atoms with E-state index in [0.717, 1.165) is 48.8 Å². The van der Waals surface area contributed by atoms with E-state index in [-0.39, 0.29) is 34.7 Å². The van der Waals surface area contributed by atoms with E-state index in [2.05, 4.69) is 24.6 Å². The van der Waals surface area contributed by atoms with E-state index in [4.69, 9.17) is 11.6 Å². The Morgan fingerprint density at radius 2 is 1.83 bits per heavy atom. The Kier molecular flexibility index (Phi) is 4.89. The first kappa shape index (κ1) is 22.7. The second-order valence-electron chi connectivity index (χ2n) is 11.1. The van der Waals surface area contributed by atoms with Crippen molar-refractivity contribution >= 4 is 27.1 Å². The van der Waals surface area contributed by atoms with Gasteiger partial charge in [-0.25, -0.2) is 12.8 Å². The number of halogens is 2. The Balaban J connectivity index is 1.14. The summed E-state index contributed by atoms with van der Waals surface area (Å²) < 4.78 is 40.5. The molecule has 3 aromatic rings. The minimum atomic E-state index is -2.94. The van der Waals surface area contributed by atoms with Crippen molar-refractivity contribution in [1.29, 1.82) is 0 Å². The Bertz CT molecular complexity index is 1480. The lowest BCUT2D eigenvalue weighted by Gasteiger charge is -2.59. The Morgan fingerprint density at radius 3 is 2.58 bits per heavy atom. The Labute approximate surface area is 214 Å². The first-order valence-corrected chi connectivity index (χ1v) is 14.6. The Morgan fingerprint density at radius 1 is 1.06 bits per heavy atom. The van der Waals surface area contributed by atoms with Crippen molar-refractivity contribution in [2.75, 3.05) is 29.5 Å². The number of nitrogens with zero attached hydrogens (tertiary/aromatic N) is 5. The van der Waals surface area contributed by atoms with Gasteiger partial charge in [0.05, 0.1) is 29.4 Å². The number of hydrogen-bond acceptors (Lipinski definition) is 6. The van der Waals surface area contributed by atoms with Crippen LogP contribution in [0.4, 0.5) is 10.1 Å². The molecule has 0 N–H and O–H groups in total. The van der Waals surface area contributed by atoms with Crippen molar-refractivity contribution in [3.8, 4) is 5.69 Å². The molecule has 1 aliphatic carbocycles. The molecule has 2 aromatic carbocycles. The van der Waals surface area contributed by atoms with Gasteiger partial charge in [0.25, 0.3) is 0 Å². The minimum Gasteiger partial charge on any atom is -0.368 e. The molecule has 36 heavy (non-hydrogen) atoms. The predicted octanol–water partition coefficient (Wildman–Crippen LogP) is 3.86. The highest BCUT2D eigenvalue weighted by molar-refractivity contribution is 7.92. The molecular formula is C26H27ClFN5O2S. The number of fused-ring (bicyclic) bond motifs is 3. The van der Waals surface area contributed by atoms with Crippen LogP contribution in [-0.4, -0.2) is 58.7 Å². The van der Waals surface area contributed by atoms with Gasteiger partial charge in [-0.3, -0.25) is 9.47 Å². The molecular weight excluding hydrogens is 501 g/mol. The number of sulfone groups is 1. The monoisotopic (exact) mass is 527 g/mol. The first-order valence-electron chi connectivity index (χ1n) is 12.4. The summed E-state index contributed by atoms with van der Waals surface area (Å²) in [5.41, 5.74) is 3.66. The maximum Gasteiger partial charge on any atom is 0.153 e. The number of benzene rings is 2. The molecule has 0 unspecified atom stereocenters. The molecule has 1 aromatic heterocycles. The number of aryl methyl sites for hydroxylation is 1. The maximum absolute atomic E-state index is 14.6. The SMILES string of the molecule is Cc1cccc(N2CC3(CC(c4nnc5n4-c4ccc(Cl)cc4CN(C4CS(=O)(=O)C4)C5)C3)C2)c1F. The summed E-state index contributed by atoms with van der Waals surface area (Å²) in [4.78, 5) is 4.33. The van der Waals surface area contributed by atoms with Crippen molar-refractivity contribution in [3.63, 3.8) is 0 Å². The number of rotatable bonds is 3. The van der Waals surface area contributed by atoms with Gasteiger partial charge < -0.3 is 4.90 Å². The largest absolute Gasteiger partial charge is 0.368 e. The highest BCUT2D eigenvalue weighted by Crippen LogP contribution is 2.57. The van der Waals surface area contributed by atoms with Crippen LogP contribution in [-0.2, 0) is 22.9 Å². The smallest absolute Gasteiger partial charge is 0.153 e. The zero-order valence-corrected chi connectivity index (χ0v) is 21.6. The summed E-state index contributed by atoms with van der Waals surface area (Å²) in [6, 6.07) is 11.5. The van der Waals surface area contributed by atoms with E-state index in [0.29, 0.717) is 29.4 Å². The first-order chi connectivity index (χ1) is 17.2. The van der Waals surface area contributed by atoms with Crippen LogP contribution in [0.5, 0.6) is 0 Å². The van der Waals surface area contributed by atoms with E-state index in [9.17, 15) is 12.8 Å². The predicted molar refractivity (Wildman–Crippen MR) is 136 cm³/mol. The molecule has 7 rings (SSSR count). The van der Waals surface area contributed by atoms with E-state index < -0.39 is 9.84 Å². The average Bonchev–Trinajstić information content (AvgIpc) is 3.08. The van der Waals surface area contributed by atoms with Crippen molar-refractivity contribution in [1.82, 2.24) is 19.7 Å². The van der Waals surface area contributed by atoms with Crippen LogP contribution in [0.25, 0.3) is 5.69 Å². The van der Waals surface area contributed by atoms with Crippen molar-refractivity contribution in [2.24, 2.45) is 5.41 Å². The van der Waals surface area contributed by atoms with E-state index >= 15 is 0 Å². The maximum atomic E-state index is 14.6. The van der Waals surface area contributed by atoms with Crippen LogP contribution in [0, 0.1) is 18.2 Å². The van der Waals surface area contributed by atoms with Gasteiger partial charge >= 0.3 is 0 Å². The molecule has 1 saturated carbocycles. The third-order valence-corrected chi connectivity index (χ3v) is 10.5. The fourth-order valence-corrected chi connectivity index (χ4v) is 8.25. The summed E-state index contributed by atoms with van der Waals surface area (Å²) in [5.74, 6) is 2.34. The summed E-state index contributed by atoms with van der Waals surface area (Å²) in [5, 5.41) is 9.87. The fourth-order valence-electron chi connectivity index (χ4n) is 6.56. The molecule has 0 amide bonds. The quantitative estimate of drug-likeness (QED) is 0.515. The molecule has 7 nitrogen and oxygen atoms in total. The van der Waals surface area contributed by atoms with Crippen molar-refractivity contribution < 1.29 is 12.8 Å². The van der Waals surface area contributed by atoms with Crippen LogP contribution >= 0.6 is 11.6 Å². The molecule has 1 spiro atoms. The van der Waals surface area contributed by atoms with Gasteiger partial charge in [0, 0.05) is 42.0 Å². The molecule has 0 bridgehead atoms. The van der Waals surface area contributed by atoms with Gasteiger partial charge in [-0.15, -0.1) is 10.2 Å². The van der Waals surface area contributed by atoms with Crippen LogP contribution < -0.4 is 4.90 Å². The second-order valence-corrected chi connectivity index (χ2v) is 13.7. The molecule has 4 heterocycles. The normalized spacial score (nSPS) is 22.8. The fraction of sp³-hybridized carbons (Fsp3) is 0.462. The highest BCUT2D eigenvalue weighted by Gasteiger charge is 2.54. The average molecular weight is 528 g/mol. The lowest BCUT2D eigenvalue weighted by atomic mass is 9.57. The van der Waals surface area contributed by atoms with Gasteiger partial charge in [0.15, 0.2) is 15.7 Å². The summed E-state index contributed by atoms with van der Waals surface area (Å²) in [7, 11) is -2.94. The van der Waals surface area contributed by atoms with E-state index in [1.165, 1.54) is 0 Å². The van der Waals surface area contributed by atoms with Crippen LogP contribution in [0.15, 0.2) is 36.4 Å². The highest BCUT2D eigenvalue weighted by atomic mass is 35.5. The van der Waals surface area contributed by atoms with Gasteiger partial charge in [-0.05, 0) is 55.2 Å². The standard InChI is InChI=1S/C26H27ClFN5O2S/c1-16-3-2-4-22(24(16)28)32-14-26(15-32)8-18(9-26)25-30-29-23-11-31(20-12-36(34,35)13-20)10-17-7-19(27)5-6-21(17)33(23)25/h2-7,18,20H,8-15H2,1H3. The van der Waals surface area contributed by atoms with Gasteiger partial charge in [-0.1, -0.05) is 23.7 Å². The van der Waals surface area contributed by atoms with Gasteiger partial charge in [0.1, 0.15) is 11.6 Å². The zero-order valence-electron chi connectivity index (χ0n) is 20.0. The van der Waals surface area contributed by atoms with E-state index in [1.54, 1.807) is 13.0 Å². The lowest BCUT2D eigenvalue weighted by Crippen LogP contribution is -2.62. The molecule has 2 saturated heterocycles. The topological polar surface area (TPSA) is 71.3 Å². The van der Waals surface area contributed by atoms with Crippen LogP contribution in [0.2, 0.25) is 5.02 Å². The number of hydrogen-bond donors (Lipinski definition) is 0. The molecule has 3 fully saturated rings. The zero-order chi connectivity index (χ0) is 24.8. The Hall–Kier alpha value is -2.49. The van der Waals surface area contributed by atoms with E-state index in [1.807, 2.05) is 30.3 Å². The molecule has 10 heteroatoms. The number of aromatic nitrogens is 3. The third kappa shape index (κ3) is 3.50. The summed E-state index contributed by atoms with van der Waals surface area (Å²) >= 11 is 6.35. The minimum absolute atomic E-state index is 0.0107.